The van der Waals surface area contributed by atoms with Gasteiger partial charge in [0.15, 0.2) is 34.9 Å². The number of hydrogen-bond acceptors (Lipinski definition) is 1. The summed E-state index contributed by atoms with van der Waals surface area (Å²) in [6.45, 7) is 0. The van der Waals surface area contributed by atoms with Crippen molar-refractivity contribution in [2.75, 3.05) is 4.90 Å². The van der Waals surface area contributed by atoms with Crippen LogP contribution in [0.3, 0.4) is 0 Å². The van der Waals surface area contributed by atoms with Crippen molar-refractivity contribution in [2.24, 2.45) is 5.41 Å². The Bertz CT molecular complexity index is 3920. The summed E-state index contributed by atoms with van der Waals surface area (Å²) in [5.41, 5.74) is -21.1. The second kappa shape index (κ2) is 21.3. The number of alkyl halides is 3. The zero-order valence-corrected chi connectivity index (χ0v) is 41.1. The number of rotatable bonds is 12. The Kier molecular flexibility index (Phi) is 14.5. The van der Waals surface area contributed by atoms with Crippen LogP contribution in [0, 0.1) is 81.0 Å². The summed E-state index contributed by atoms with van der Waals surface area (Å²) in [7, 11) is 0. The number of nitrogens with zero attached hydrogens (tertiary/aromatic N) is 1. The van der Waals surface area contributed by atoms with Gasteiger partial charge in [-0.1, -0.05) is 91.0 Å². The highest BCUT2D eigenvalue weighted by molar-refractivity contribution is 6.09. The molecule has 410 valence electrons. The van der Waals surface area contributed by atoms with Gasteiger partial charge in [-0.3, -0.25) is 0 Å². The van der Waals surface area contributed by atoms with E-state index in [0.717, 1.165) is 72.8 Å². The van der Waals surface area contributed by atoms with E-state index in [1.807, 2.05) is 0 Å². The molecule has 0 saturated carbocycles. The maximum absolute atomic E-state index is 19.6. The van der Waals surface area contributed by atoms with Crippen molar-refractivity contribution in [2.45, 2.75) is 24.1 Å². The lowest BCUT2D eigenvalue weighted by atomic mass is 9.44. The summed E-state index contributed by atoms with van der Waals surface area (Å²) in [4.78, 5) is 0.308. The van der Waals surface area contributed by atoms with Gasteiger partial charge in [0.2, 0.25) is 0 Å². The largest absolute Gasteiger partial charge is 0.416 e. The number of halogens is 17. The molecule has 0 spiro atoms. The molecule has 18 heteroatoms. The molecular formula is C63H34F17N. The SMILES string of the molecule is FC1=C(c2ccc(F)cc2)C(c2ccc(F)cc2F)C(Cc2ccccc2)(C(c2ccc(F)c(F)c2F)(c2c(F)cccc2F)N(c2ccc(C(F)(F)F)cc2)c2cc(F)c(F)c(F)c2)C(c2ccccc2F)=C1c1cccc(F)c1. The molecular weight excluding hydrogens is 1090 g/mol. The molecule has 0 bridgehead atoms. The van der Waals surface area contributed by atoms with Gasteiger partial charge in [0.05, 0.1) is 11.1 Å². The second-order valence-corrected chi connectivity index (χ2v) is 18.8. The van der Waals surface area contributed by atoms with Crippen LogP contribution in [0.5, 0.6) is 0 Å². The quantitative estimate of drug-likeness (QED) is 0.0870. The van der Waals surface area contributed by atoms with Crippen molar-refractivity contribution in [1.29, 1.82) is 0 Å². The Morgan fingerprint density at radius 2 is 1.01 bits per heavy atom. The minimum Gasteiger partial charge on any atom is -0.326 e. The molecule has 0 heterocycles. The van der Waals surface area contributed by atoms with Crippen LogP contribution >= 0.6 is 0 Å². The molecule has 10 rings (SSSR count). The molecule has 1 aliphatic carbocycles. The second-order valence-electron chi connectivity index (χ2n) is 18.8. The molecule has 1 nitrogen and oxygen atoms in total. The van der Waals surface area contributed by atoms with E-state index in [1.54, 1.807) is 0 Å². The highest BCUT2D eigenvalue weighted by Gasteiger charge is 2.69. The first-order valence-corrected chi connectivity index (χ1v) is 24.2. The number of anilines is 2. The predicted octanol–water partition coefficient (Wildman–Crippen LogP) is 18.6. The minimum atomic E-state index is -5.23. The highest BCUT2D eigenvalue weighted by atomic mass is 19.4. The van der Waals surface area contributed by atoms with Crippen molar-refractivity contribution in [1.82, 2.24) is 0 Å². The van der Waals surface area contributed by atoms with E-state index >= 15 is 61.5 Å². The summed E-state index contributed by atoms with van der Waals surface area (Å²) in [5.74, 6) is -28.4. The Labute approximate surface area is 449 Å². The first-order valence-electron chi connectivity index (χ1n) is 24.2. The maximum atomic E-state index is 19.6. The van der Waals surface area contributed by atoms with Crippen LogP contribution in [0.4, 0.5) is 86.0 Å². The van der Waals surface area contributed by atoms with Gasteiger partial charge in [0, 0.05) is 63.2 Å². The van der Waals surface area contributed by atoms with Crippen molar-refractivity contribution in [3.63, 3.8) is 0 Å². The van der Waals surface area contributed by atoms with Gasteiger partial charge in [-0.25, -0.2) is 61.5 Å². The van der Waals surface area contributed by atoms with Crippen LogP contribution in [-0.2, 0) is 18.1 Å². The van der Waals surface area contributed by atoms with Gasteiger partial charge in [0.1, 0.15) is 52.1 Å². The van der Waals surface area contributed by atoms with E-state index in [4.69, 9.17) is 0 Å². The standard InChI is InChI=1S/C63H34F17N/c64-37-20-16-34(17-21-37)52-55(43-25-22-39(66)29-49(43)71)61(32-33-8-2-1-3-9-33,54(42-12-4-5-13-45(42)67)53(60(52)77)35-10-6-11-38(65)28-35)62(56-46(68)14-7-15-47(56)69,44-26-27-48(70)59(76)57(44)74)81(41-30-50(72)58(75)51(73)31-41)40-23-18-36(19-24-40)63(78,79)80/h1-31,55H,32H2. The molecule has 0 fully saturated rings. The van der Waals surface area contributed by atoms with E-state index in [2.05, 4.69) is 0 Å². The smallest absolute Gasteiger partial charge is 0.326 e. The molecule has 0 radical (unpaired) electrons. The van der Waals surface area contributed by atoms with Gasteiger partial charge in [-0.15, -0.1) is 0 Å². The topological polar surface area (TPSA) is 3.24 Å². The summed E-state index contributed by atoms with van der Waals surface area (Å²) in [5, 5.41) is 0. The summed E-state index contributed by atoms with van der Waals surface area (Å²) >= 11 is 0. The van der Waals surface area contributed by atoms with Gasteiger partial charge in [0.25, 0.3) is 0 Å². The average molecular weight is 1130 g/mol. The van der Waals surface area contributed by atoms with Crippen molar-refractivity contribution >= 4 is 28.1 Å². The van der Waals surface area contributed by atoms with E-state index in [-0.39, 0.29) is 29.8 Å². The first kappa shape index (κ1) is 55.4. The van der Waals surface area contributed by atoms with Crippen LogP contribution in [0.2, 0.25) is 0 Å². The monoisotopic (exact) mass is 1130 g/mol. The van der Waals surface area contributed by atoms with Crippen LogP contribution in [-0.4, -0.2) is 0 Å². The minimum absolute atomic E-state index is 0.116. The Balaban J connectivity index is 1.67. The highest BCUT2D eigenvalue weighted by Crippen LogP contribution is 2.73. The van der Waals surface area contributed by atoms with E-state index < -0.39 is 178 Å². The van der Waals surface area contributed by atoms with Crippen LogP contribution in [0.25, 0.3) is 16.7 Å². The van der Waals surface area contributed by atoms with Gasteiger partial charge >= 0.3 is 6.18 Å². The molecule has 0 aliphatic heterocycles. The fourth-order valence-corrected chi connectivity index (χ4v) is 11.3. The van der Waals surface area contributed by atoms with Crippen LogP contribution in [0.1, 0.15) is 50.4 Å². The fourth-order valence-electron chi connectivity index (χ4n) is 11.3. The zero-order valence-electron chi connectivity index (χ0n) is 41.1. The Hall–Kier alpha value is -8.93. The average Bonchev–Trinajstić information content (AvgIpc) is 3.57. The molecule has 9 aromatic rings. The lowest BCUT2D eigenvalue weighted by molar-refractivity contribution is -0.137. The number of allylic oxidation sites excluding steroid dienone is 3. The molecule has 0 aromatic heterocycles. The van der Waals surface area contributed by atoms with E-state index in [1.165, 1.54) is 30.3 Å². The summed E-state index contributed by atoms with van der Waals surface area (Å²) in [6.07, 6.45) is -6.49. The molecule has 3 unspecified atom stereocenters. The van der Waals surface area contributed by atoms with Crippen molar-refractivity contribution in [3.8, 4) is 0 Å². The molecule has 3 atom stereocenters. The third-order valence-electron chi connectivity index (χ3n) is 14.4. The molecule has 1 aliphatic rings. The lowest BCUT2D eigenvalue weighted by Crippen LogP contribution is -2.63. The van der Waals surface area contributed by atoms with Gasteiger partial charge in [-0.05, 0) is 113 Å². The van der Waals surface area contributed by atoms with Gasteiger partial charge < -0.3 is 4.90 Å². The van der Waals surface area contributed by atoms with Crippen molar-refractivity contribution < 1.29 is 74.6 Å². The Morgan fingerprint density at radius 3 is 1.63 bits per heavy atom. The van der Waals surface area contributed by atoms with Gasteiger partial charge in [-0.2, -0.15) is 13.2 Å². The molecule has 0 N–H and O–H groups in total. The molecule has 0 saturated heterocycles. The molecule has 9 aromatic carbocycles. The third kappa shape index (κ3) is 9.39. The van der Waals surface area contributed by atoms with E-state index in [9.17, 15) is 13.2 Å². The van der Waals surface area contributed by atoms with Crippen LogP contribution < -0.4 is 4.90 Å². The molecule has 81 heavy (non-hydrogen) atoms. The summed E-state index contributed by atoms with van der Waals surface area (Å²) in [6, 6.07) is 23.0. The first-order chi connectivity index (χ1) is 38.6. The van der Waals surface area contributed by atoms with E-state index in [0.29, 0.717) is 65.6 Å². The fraction of sp³-hybridized carbons (Fsp3) is 0.0794. The number of benzene rings is 9. The third-order valence-corrected chi connectivity index (χ3v) is 14.4. The predicted molar refractivity (Wildman–Crippen MR) is 269 cm³/mol. The summed E-state index contributed by atoms with van der Waals surface area (Å²) < 4.78 is 284. The zero-order chi connectivity index (χ0) is 57.9. The Morgan fingerprint density at radius 1 is 0.420 bits per heavy atom. The van der Waals surface area contributed by atoms with Crippen molar-refractivity contribution in [3.05, 3.63) is 314 Å². The van der Waals surface area contributed by atoms with Crippen LogP contribution in [0.15, 0.2) is 194 Å². The molecule has 0 amide bonds. The normalized spacial score (nSPS) is 16.4. The number of hydrogen-bond donors (Lipinski definition) is 0. The maximum Gasteiger partial charge on any atom is 0.416 e. The lowest BCUT2D eigenvalue weighted by Gasteiger charge is -2.63.